The van der Waals surface area contributed by atoms with Gasteiger partial charge in [0.2, 0.25) is 16.8 Å². The summed E-state index contributed by atoms with van der Waals surface area (Å²) in [5, 5.41) is 3.91. The van der Waals surface area contributed by atoms with Crippen LogP contribution in [0.3, 0.4) is 0 Å². The van der Waals surface area contributed by atoms with Crippen molar-refractivity contribution in [2.45, 2.75) is 0 Å². The zero-order valence-corrected chi connectivity index (χ0v) is 15.0. The highest BCUT2D eigenvalue weighted by Gasteiger charge is 2.13. The minimum Gasteiger partial charge on any atom is -0.454 e. The molecule has 2 aromatic carbocycles. The van der Waals surface area contributed by atoms with E-state index in [9.17, 15) is 13.2 Å². The van der Waals surface area contributed by atoms with Gasteiger partial charge in [-0.25, -0.2) is 13.8 Å². The van der Waals surface area contributed by atoms with E-state index in [1.54, 1.807) is 30.3 Å². The number of rotatable bonds is 5. The highest BCUT2D eigenvalue weighted by atomic mass is 32.2. The smallest absolute Gasteiger partial charge is 0.271 e. The number of carbonyl (C=O) groups is 1. The summed E-state index contributed by atoms with van der Waals surface area (Å²) in [4.78, 5) is 12.1. The SMILES string of the molecule is CN(c1ccc(C(=O)N/N=C\c2ccc3c(c2)OCO3)cc1)S(C)(=O)=O. The highest BCUT2D eigenvalue weighted by molar-refractivity contribution is 7.92. The van der Waals surface area contributed by atoms with Gasteiger partial charge in [0.15, 0.2) is 11.5 Å². The molecule has 1 N–H and O–H groups in total. The van der Waals surface area contributed by atoms with Crippen molar-refractivity contribution in [3.63, 3.8) is 0 Å². The van der Waals surface area contributed by atoms with Crippen molar-refractivity contribution >= 4 is 27.8 Å². The quantitative estimate of drug-likeness (QED) is 0.632. The Hall–Kier alpha value is -3.07. The van der Waals surface area contributed by atoms with Gasteiger partial charge in [-0.3, -0.25) is 9.10 Å². The lowest BCUT2D eigenvalue weighted by molar-refractivity contribution is 0.0955. The van der Waals surface area contributed by atoms with Crippen molar-refractivity contribution in [2.75, 3.05) is 24.4 Å². The first kappa shape index (κ1) is 17.7. The predicted octanol–water partition coefficient (Wildman–Crippen LogP) is 1.57. The van der Waals surface area contributed by atoms with Crippen LogP contribution in [0.2, 0.25) is 0 Å². The second-order valence-electron chi connectivity index (χ2n) is 5.59. The average Bonchev–Trinajstić information content (AvgIpc) is 3.08. The molecule has 0 fully saturated rings. The maximum Gasteiger partial charge on any atom is 0.271 e. The van der Waals surface area contributed by atoms with Crippen LogP contribution >= 0.6 is 0 Å². The third-order valence-corrected chi connectivity index (χ3v) is 4.97. The van der Waals surface area contributed by atoms with E-state index in [1.165, 1.54) is 25.4 Å². The fraction of sp³-hybridized carbons (Fsp3) is 0.176. The van der Waals surface area contributed by atoms with Gasteiger partial charge in [-0.05, 0) is 48.0 Å². The van der Waals surface area contributed by atoms with E-state index >= 15 is 0 Å². The van der Waals surface area contributed by atoms with Gasteiger partial charge in [0.05, 0.1) is 18.2 Å². The summed E-state index contributed by atoms with van der Waals surface area (Å²) in [5.41, 5.74) is 4.00. The molecule has 0 saturated heterocycles. The molecule has 0 bridgehead atoms. The van der Waals surface area contributed by atoms with Crippen LogP contribution in [0.5, 0.6) is 11.5 Å². The minimum atomic E-state index is -3.35. The highest BCUT2D eigenvalue weighted by Crippen LogP contribution is 2.31. The lowest BCUT2D eigenvalue weighted by atomic mass is 10.2. The normalized spacial score (nSPS) is 13.0. The number of carbonyl (C=O) groups excluding carboxylic acids is 1. The second-order valence-corrected chi connectivity index (χ2v) is 7.60. The summed E-state index contributed by atoms with van der Waals surface area (Å²) in [5.74, 6) is 0.895. The fourth-order valence-corrected chi connectivity index (χ4v) is 2.74. The Labute approximate surface area is 151 Å². The molecule has 0 radical (unpaired) electrons. The summed E-state index contributed by atoms with van der Waals surface area (Å²) in [6.45, 7) is 0.192. The zero-order valence-electron chi connectivity index (χ0n) is 14.2. The number of anilines is 1. The average molecular weight is 375 g/mol. The molecule has 1 aliphatic heterocycles. The van der Waals surface area contributed by atoms with E-state index in [-0.39, 0.29) is 6.79 Å². The van der Waals surface area contributed by atoms with Crippen molar-refractivity contribution in [3.05, 3.63) is 53.6 Å². The standard InChI is InChI=1S/C17H17N3O5S/c1-20(26(2,22)23)14-6-4-13(5-7-14)17(21)19-18-10-12-3-8-15-16(9-12)25-11-24-15/h3-10H,11H2,1-2H3,(H,19,21)/b18-10-. The molecule has 2 aromatic rings. The van der Waals surface area contributed by atoms with Gasteiger partial charge in [-0.2, -0.15) is 5.10 Å². The molecule has 1 heterocycles. The number of amides is 1. The second kappa shape index (κ2) is 7.04. The molecule has 1 aliphatic rings. The number of nitrogens with one attached hydrogen (secondary N) is 1. The van der Waals surface area contributed by atoms with E-state index in [0.29, 0.717) is 22.7 Å². The van der Waals surface area contributed by atoms with Crippen LogP contribution in [-0.4, -0.2) is 40.6 Å². The molecule has 9 heteroatoms. The monoisotopic (exact) mass is 375 g/mol. The molecule has 3 rings (SSSR count). The number of benzene rings is 2. The van der Waals surface area contributed by atoms with Crippen LogP contribution in [0.15, 0.2) is 47.6 Å². The van der Waals surface area contributed by atoms with E-state index in [2.05, 4.69) is 10.5 Å². The first-order valence-corrected chi connectivity index (χ1v) is 9.46. The van der Waals surface area contributed by atoms with Crippen LogP contribution in [0.1, 0.15) is 15.9 Å². The predicted molar refractivity (Wildman–Crippen MR) is 97.3 cm³/mol. The number of sulfonamides is 1. The van der Waals surface area contributed by atoms with Crippen LogP contribution < -0.4 is 19.2 Å². The Bertz CT molecular complexity index is 955. The molecule has 8 nitrogen and oxygen atoms in total. The Morgan fingerprint density at radius 2 is 1.85 bits per heavy atom. The van der Waals surface area contributed by atoms with Crippen LogP contribution in [0, 0.1) is 0 Å². The first-order chi connectivity index (χ1) is 12.3. The van der Waals surface area contributed by atoms with E-state index < -0.39 is 15.9 Å². The Balaban J connectivity index is 1.63. The molecule has 0 saturated carbocycles. The third-order valence-electron chi connectivity index (χ3n) is 3.77. The molecule has 0 aliphatic carbocycles. The maximum absolute atomic E-state index is 12.1. The molecular formula is C17H17N3O5S. The maximum atomic E-state index is 12.1. The van der Waals surface area contributed by atoms with Gasteiger partial charge >= 0.3 is 0 Å². The molecule has 0 atom stereocenters. The fourth-order valence-electron chi connectivity index (χ4n) is 2.24. The summed E-state index contributed by atoms with van der Waals surface area (Å²) in [7, 11) is -1.90. The lowest BCUT2D eigenvalue weighted by Crippen LogP contribution is -2.25. The molecule has 0 spiro atoms. The largest absolute Gasteiger partial charge is 0.454 e. The molecule has 26 heavy (non-hydrogen) atoms. The van der Waals surface area contributed by atoms with Crippen LogP contribution in [-0.2, 0) is 10.0 Å². The number of hydrogen-bond acceptors (Lipinski definition) is 6. The van der Waals surface area contributed by atoms with Gasteiger partial charge in [-0.15, -0.1) is 0 Å². The van der Waals surface area contributed by atoms with E-state index in [1.807, 2.05) is 0 Å². The van der Waals surface area contributed by atoms with E-state index in [4.69, 9.17) is 9.47 Å². The molecule has 1 amide bonds. The van der Waals surface area contributed by atoms with Gasteiger partial charge in [0.1, 0.15) is 0 Å². The lowest BCUT2D eigenvalue weighted by Gasteiger charge is -2.16. The zero-order chi connectivity index (χ0) is 18.7. The Morgan fingerprint density at radius 3 is 2.54 bits per heavy atom. The molecule has 0 unspecified atom stereocenters. The number of nitrogens with zero attached hydrogens (tertiary/aromatic N) is 2. The van der Waals surface area contributed by atoms with Crippen LogP contribution in [0.4, 0.5) is 5.69 Å². The van der Waals surface area contributed by atoms with Gasteiger partial charge in [-0.1, -0.05) is 0 Å². The third kappa shape index (κ3) is 3.94. The number of ether oxygens (including phenoxy) is 2. The van der Waals surface area contributed by atoms with Crippen LogP contribution in [0.25, 0.3) is 0 Å². The van der Waals surface area contributed by atoms with Gasteiger partial charge < -0.3 is 9.47 Å². The minimum absolute atomic E-state index is 0.192. The molecular weight excluding hydrogens is 358 g/mol. The number of hydrogen-bond donors (Lipinski definition) is 1. The summed E-state index contributed by atoms with van der Waals surface area (Å²) < 4.78 is 34.6. The Kier molecular flexibility index (Phi) is 4.81. The van der Waals surface area contributed by atoms with Gasteiger partial charge in [0.25, 0.3) is 5.91 Å². The number of fused-ring (bicyclic) bond motifs is 1. The van der Waals surface area contributed by atoms with E-state index in [0.717, 1.165) is 16.1 Å². The van der Waals surface area contributed by atoms with Crippen molar-refractivity contribution < 1.29 is 22.7 Å². The van der Waals surface area contributed by atoms with Crippen molar-refractivity contribution in [3.8, 4) is 11.5 Å². The molecule has 136 valence electrons. The summed E-state index contributed by atoms with van der Waals surface area (Å²) in [6, 6.07) is 11.5. The molecule has 0 aromatic heterocycles. The van der Waals surface area contributed by atoms with Crippen molar-refractivity contribution in [1.82, 2.24) is 5.43 Å². The van der Waals surface area contributed by atoms with Crippen molar-refractivity contribution in [1.29, 1.82) is 0 Å². The van der Waals surface area contributed by atoms with Crippen molar-refractivity contribution in [2.24, 2.45) is 5.10 Å². The first-order valence-electron chi connectivity index (χ1n) is 7.61. The topological polar surface area (TPSA) is 97.3 Å². The Morgan fingerprint density at radius 1 is 1.15 bits per heavy atom. The van der Waals surface area contributed by atoms with Gasteiger partial charge in [0, 0.05) is 12.6 Å². The summed E-state index contributed by atoms with van der Waals surface area (Å²) in [6.07, 6.45) is 2.60. The number of hydrazone groups is 1. The summed E-state index contributed by atoms with van der Waals surface area (Å²) >= 11 is 0.